The highest BCUT2D eigenvalue weighted by molar-refractivity contribution is 6.35. The Hall–Kier alpha value is -0.240. The summed E-state index contributed by atoms with van der Waals surface area (Å²) in [7, 11) is 0. The van der Waals surface area contributed by atoms with E-state index in [9.17, 15) is 0 Å². The summed E-state index contributed by atoms with van der Waals surface area (Å²) in [6.45, 7) is 3.49. The summed E-state index contributed by atoms with van der Waals surface area (Å²) in [5.41, 5.74) is 1.20. The van der Waals surface area contributed by atoms with E-state index in [4.69, 9.17) is 23.2 Å². The molecular weight excluding hydrogens is 253 g/mol. The molecule has 0 aliphatic carbocycles. The van der Waals surface area contributed by atoms with Gasteiger partial charge in [-0.1, -0.05) is 36.2 Å². The molecule has 0 aromatic heterocycles. The van der Waals surface area contributed by atoms with E-state index in [-0.39, 0.29) is 0 Å². The van der Waals surface area contributed by atoms with E-state index < -0.39 is 0 Å². The van der Waals surface area contributed by atoms with E-state index >= 15 is 0 Å². The lowest BCUT2D eigenvalue weighted by Gasteiger charge is -2.28. The minimum absolute atomic E-state index is 0.644. The number of hydrogen-bond acceptors (Lipinski definition) is 1. The van der Waals surface area contributed by atoms with Crippen molar-refractivity contribution in [3.8, 4) is 0 Å². The summed E-state index contributed by atoms with van der Waals surface area (Å²) < 4.78 is 0. The summed E-state index contributed by atoms with van der Waals surface area (Å²) >= 11 is 12.1. The van der Waals surface area contributed by atoms with Gasteiger partial charge in [-0.05, 0) is 55.8 Å². The van der Waals surface area contributed by atoms with Gasteiger partial charge in [0, 0.05) is 16.1 Å². The molecule has 0 bridgehead atoms. The Morgan fingerprint density at radius 3 is 2.88 bits per heavy atom. The molecule has 1 N–H and O–H groups in total. The Morgan fingerprint density at radius 1 is 1.35 bits per heavy atom. The van der Waals surface area contributed by atoms with Crippen molar-refractivity contribution in [1.82, 2.24) is 5.32 Å². The highest BCUT2D eigenvalue weighted by Crippen LogP contribution is 2.24. The van der Waals surface area contributed by atoms with Gasteiger partial charge in [0.05, 0.1) is 0 Å². The maximum atomic E-state index is 6.17. The van der Waals surface area contributed by atoms with Crippen LogP contribution in [0.5, 0.6) is 0 Å². The number of halogens is 2. The maximum Gasteiger partial charge on any atom is 0.0452 e. The van der Waals surface area contributed by atoms with Gasteiger partial charge in [-0.2, -0.15) is 0 Å². The lowest BCUT2D eigenvalue weighted by Crippen LogP contribution is -2.37. The Kier molecular flexibility index (Phi) is 4.72. The standard InChI is InChI=1S/C14H19Cl2N/c1-10-6-7-17-13(8-10)5-3-11-2-4-12(15)9-14(11)16/h2,4,9-10,13,17H,3,5-8H2,1H3. The van der Waals surface area contributed by atoms with Gasteiger partial charge in [-0.15, -0.1) is 0 Å². The van der Waals surface area contributed by atoms with Crippen LogP contribution in [-0.2, 0) is 6.42 Å². The number of rotatable bonds is 3. The van der Waals surface area contributed by atoms with Gasteiger partial charge in [0.25, 0.3) is 0 Å². The Bertz CT molecular complexity index is 378. The average molecular weight is 272 g/mol. The number of hydrogen-bond donors (Lipinski definition) is 1. The second kappa shape index (κ2) is 6.08. The van der Waals surface area contributed by atoms with Gasteiger partial charge in [0.15, 0.2) is 0 Å². The summed E-state index contributed by atoms with van der Waals surface area (Å²) in [5.74, 6) is 0.849. The molecule has 1 saturated heterocycles. The van der Waals surface area contributed by atoms with Gasteiger partial charge in [0.1, 0.15) is 0 Å². The molecule has 3 heteroatoms. The van der Waals surface area contributed by atoms with Crippen molar-refractivity contribution in [3.05, 3.63) is 33.8 Å². The molecule has 1 aliphatic rings. The highest BCUT2D eigenvalue weighted by atomic mass is 35.5. The van der Waals surface area contributed by atoms with Crippen molar-refractivity contribution in [1.29, 1.82) is 0 Å². The molecule has 1 aromatic rings. The van der Waals surface area contributed by atoms with Crippen LogP contribution in [0.2, 0.25) is 10.0 Å². The maximum absolute atomic E-state index is 6.17. The van der Waals surface area contributed by atoms with Crippen LogP contribution in [0, 0.1) is 5.92 Å². The third-order valence-electron chi connectivity index (χ3n) is 3.53. The van der Waals surface area contributed by atoms with Gasteiger partial charge in [0.2, 0.25) is 0 Å². The van der Waals surface area contributed by atoms with E-state index in [1.54, 1.807) is 0 Å². The fourth-order valence-corrected chi connectivity index (χ4v) is 3.00. The fourth-order valence-electron chi connectivity index (χ4n) is 2.49. The molecule has 1 heterocycles. The van der Waals surface area contributed by atoms with Gasteiger partial charge < -0.3 is 5.32 Å². The number of nitrogens with one attached hydrogen (secondary N) is 1. The average Bonchev–Trinajstić information content (AvgIpc) is 2.28. The molecule has 1 fully saturated rings. The van der Waals surface area contributed by atoms with Gasteiger partial charge in [-0.3, -0.25) is 0 Å². The molecule has 0 saturated carbocycles. The van der Waals surface area contributed by atoms with Crippen LogP contribution < -0.4 is 5.32 Å². The first-order valence-corrected chi connectivity index (χ1v) is 7.08. The van der Waals surface area contributed by atoms with Crippen molar-refractivity contribution < 1.29 is 0 Å². The first kappa shape index (κ1) is 13.2. The van der Waals surface area contributed by atoms with Crippen LogP contribution in [0.4, 0.5) is 0 Å². The topological polar surface area (TPSA) is 12.0 Å². The predicted octanol–water partition coefficient (Wildman–Crippen LogP) is 4.31. The molecular formula is C14H19Cl2N. The first-order valence-electron chi connectivity index (χ1n) is 6.32. The predicted molar refractivity (Wildman–Crippen MR) is 75.0 cm³/mol. The van der Waals surface area contributed by atoms with Crippen LogP contribution in [0.25, 0.3) is 0 Å². The van der Waals surface area contributed by atoms with Gasteiger partial charge in [-0.25, -0.2) is 0 Å². The normalized spacial score (nSPS) is 24.9. The van der Waals surface area contributed by atoms with E-state index in [2.05, 4.69) is 12.2 Å². The van der Waals surface area contributed by atoms with E-state index in [1.165, 1.54) is 18.4 Å². The van der Waals surface area contributed by atoms with Crippen molar-refractivity contribution in [2.24, 2.45) is 5.92 Å². The zero-order chi connectivity index (χ0) is 12.3. The number of benzene rings is 1. The van der Waals surface area contributed by atoms with Crippen LogP contribution in [0.15, 0.2) is 18.2 Å². The smallest absolute Gasteiger partial charge is 0.0452 e. The third kappa shape index (κ3) is 3.87. The van der Waals surface area contributed by atoms with E-state index in [1.807, 2.05) is 18.2 Å². The highest BCUT2D eigenvalue weighted by Gasteiger charge is 2.18. The van der Waals surface area contributed by atoms with Crippen molar-refractivity contribution in [3.63, 3.8) is 0 Å². The monoisotopic (exact) mass is 271 g/mol. The Labute approximate surface area is 114 Å². The minimum Gasteiger partial charge on any atom is -0.314 e. The quantitative estimate of drug-likeness (QED) is 0.864. The third-order valence-corrected chi connectivity index (χ3v) is 4.12. The summed E-state index contributed by atoms with van der Waals surface area (Å²) in [6.07, 6.45) is 4.77. The molecule has 94 valence electrons. The molecule has 1 aromatic carbocycles. The molecule has 17 heavy (non-hydrogen) atoms. The van der Waals surface area contributed by atoms with E-state index in [0.717, 1.165) is 30.3 Å². The lowest BCUT2D eigenvalue weighted by atomic mass is 9.91. The van der Waals surface area contributed by atoms with Crippen LogP contribution in [-0.4, -0.2) is 12.6 Å². The molecule has 0 radical (unpaired) electrons. The molecule has 0 spiro atoms. The Morgan fingerprint density at radius 2 is 2.18 bits per heavy atom. The minimum atomic E-state index is 0.644. The summed E-state index contributed by atoms with van der Waals surface area (Å²) in [6, 6.07) is 6.43. The number of aryl methyl sites for hydroxylation is 1. The molecule has 2 atom stereocenters. The number of piperidine rings is 1. The van der Waals surface area contributed by atoms with E-state index in [0.29, 0.717) is 11.1 Å². The molecule has 2 unspecified atom stereocenters. The van der Waals surface area contributed by atoms with Crippen LogP contribution >= 0.6 is 23.2 Å². The zero-order valence-corrected chi connectivity index (χ0v) is 11.7. The van der Waals surface area contributed by atoms with Gasteiger partial charge >= 0.3 is 0 Å². The summed E-state index contributed by atoms with van der Waals surface area (Å²) in [4.78, 5) is 0. The largest absolute Gasteiger partial charge is 0.314 e. The van der Waals surface area contributed by atoms with Crippen molar-refractivity contribution >= 4 is 23.2 Å². The van der Waals surface area contributed by atoms with Crippen LogP contribution in [0.1, 0.15) is 31.7 Å². The van der Waals surface area contributed by atoms with Crippen LogP contribution in [0.3, 0.4) is 0 Å². The lowest BCUT2D eigenvalue weighted by molar-refractivity contribution is 0.308. The second-order valence-electron chi connectivity index (χ2n) is 5.06. The molecule has 0 amide bonds. The zero-order valence-electron chi connectivity index (χ0n) is 10.2. The summed E-state index contributed by atoms with van der Waals surface area (Å²) in [5, 5.41) is 5.09. The molecule has 1 nitrogen and oxygen atoms in total. The molecule has 2 rings (SSSR count). The van der Waals surface area contributed by atoms with Crippen molar-refractivity contribution in [2.75, 3.05) is 6.54 Å². The fraction of sp³-hybridized carbons (Fsp3) is 0.571. The first-order chi connectivity index (χ1) is 8.15. The Balaban J connectivity index is 1.88. The van der Waals surface area contributed by atoms with Crippen molar-refractivity contribution in [2.45, 2.75) is 38.6 Å². The second-order valence-corrected chi connectivity index (χ2v) is 5.90. The SMILES string of the molecule is CC1CCNC(CCc2ccc(Cl)cc2Cl)C1. The molecule has 1 aliphatic heterocycles.